The first-order valence-electron chi connectivity index (χ1n) is 7.93. The molecule has 21 heavy (non-hydrogen) atoms. The van der Waals surface area contributed by atoms with E-state index in [9.17, 15) is 9.59 Å². The molecule has 2 aromatic rings. The van der Waals surface area contributed by atoms with Crippen molar-refractivity contribution in [3.05, 3.63) is 26.7 Å². The Labute approximate surface area is 121 Å². The van der Waals surface area contributed by atoms with E-state index >= 15 is 0 Å². The van der Waals surface area contributed by atoms with Crippen molar-refractivity contribution in [1.29, 1.82) is 0 Å². The van der Waals surface area contributed by atoms with Crippen molar-refractivity contribution in [2.24, 2.45) is 11.8 Å². The maximum absolute atomic E-state index is 12.0. The van der Waals surface area contributed by atoms with Gasteiger partial charge in [0.1, 0.15) is 11.3 Å². The molecule has 0 aromatic carbocycles. The molecule has 2 atom stereocenters. The van der Waals surface area contributed by atoms with Gasteiger partial charge in [-0.25, -0.2) is 9.78 Å². The summed E-state index contributed by atoms with van der Waals surface area (Å²) in [6, 6.07) is 0. The minimum Gasteiger partial charge on any atom is -0.336 e. The molecule has 2 heterocycles. The molecule has 0 aliphatic heterocycles. The Morgan fingerprint density at radius 2 is 1.90 bits per heavy atom. The third kappa shape index (κ3) is 1.88. The Morgan fingerprint density at radius 3 is 2.57 bits per heavy atom. The van der Waals surface area contributed by atoms with Crippen molar-refractivity contribution in [2.75, 3.05) is 0 Å². The van der Waals surface area contributed by atoms with E-state index < -0.39 is 0 Å². The van der Waals surface area contributed by atoms with E-state index in [4.69, 9.17) is 0 Å². The summed E-state index contributed by atoms with van der Waals surface area (Å²) < 4.78 is 1.57. The lowest BCUT2D eigenvalue weighted by atomic mass is 10.0. The molecule has 0 saturated heterocycles. The Morgan fingerprint density at radius 1 is 1.19 bits per heavy atom. The number of H-pyrrole nitrogens is 2. The van der Waals surface area contributed by atoms with Gasteiger partial charge in [-0.15, -0.1) is 0 Å². The predicted molar refractivity (Wildman–Crippen MR) is 79.5 cm³/mol. The minimum absolute atomic E-state index is 0.357. The lowest BCUT2D eigenvalue weighted by Crippen LogP contribution is -2.30. The first kappa shape index (κ1) is 12.9. The van der Waals surface area contributed by atoms with Crippen LogP contribution in [0, 0.1) is 11.8 Å². The molecule has 2 aliphatic rings. The second-order valence-corrected chi connectivity index (χ2v) is 6.37. The molecule has 6 heteroatoms. The van der Waals surface area contributed by atoms with Crippen LogP contribution in [0.3, 0.4) is 0 Å². The summed E-state index contributed by atoms with van der Waals surface area (Å²) in [7, 11) is 0. The summed E-state index contributed by atoms with van der Waals surface area (Å²) in [4.78, 5) is 34.1. The van der Waals surface area contributed by atoms with Gasteiger partial charge in [-0.05, 0) is 31.1 Å². The topological polar surface area (TPSA) is 83.5 Å². The van der Waals surface area contributed by atoms with Crippen molar-refractivity contribution in [1.82, 2.24) is 19.5 Å². The molecule has 2 aromatic heterocycles. The summed E-state index contributed by atoms with van der Waals surface area (Å²) >= 11 is 0. The van der Waals surface area contributed by atoms with E-state index in [0.29, 0.717) is 23.6 Å². The fourth-order valence-corrected chi connectivity index (χ4v) is 4.05. The smallest absolute Gasteiger partial charge is 0.330 e. The fourth-order valence-electron chi connectivity index (χ4n) is 4.05. The number of aromatic nitrogens is 4. The monoisotopic (exact) mass is 288 g/mol. The highest BCUT2D eigenvalue weighted by molar-refractivity contribution is 5.70. The van der Waals surface area contributed by atoms with E-state index in [1.54, 1.807) is 4.57 Å². The molecule has 112 valence electrons. The van der Waals surface area contributed by atoms with Gasteiger partial charge in [0.2, 0.25) is 0 Å². The van der Waals surface area contributed by atoms with Gasteiger partial charge in [0.15, 0.2) is 5.65 Å². The number of aromatic amines is 2. The third-order valence-electron chi connectivity index (χ3n) is 5.07. The number of fused-ring (bicyclic) bond motifs is 2. The first-order chi connectivity index (χ1) is 10.2. The summed E-state index contributed by atoms with van der Waals surface area (Å²) in [6.45, 7) is 2.58. The number of nitrogens with zero attached hydrogens (tertiary/aromatic N) is 2. The zero-order valence-corrected chi connectivity index (χ0v) is 12.2. The van der Waals surface area contributed by atoms with Crippen LogP contribution in [0.5, 0.6) is 0 Å². The van der Waals surface area contributed by atoms with Crippen LogP contribution in [0.4, 0.5) is 0 Å². The van der Waals surface area contributed by atoms with Gasteiger partial charge >= 0.3 is 5.69 Å². The number of imidazole rings is 1. The molecule has 2 aliphatic carbocycles. The quantitative estimate of drug-likeness (QED) is 0.902. The molecular formula is C15H20N4O2. The van der Waals surface area contributed by atoms with Crippen LogP contribution >= 0.6 is 0 Å². The van der Waals surface area contributed by atoms with Gasteiger partial charge in [-0.2, -0.15) is 0 Å². The zero-order chi connectivity index (χ0) is 14.6. The minimum atomic E-state index is -0.361. The third-order valence-corrected chi connectivity index (χ3v) is 5.07. The summed E-state index contributed by atoms with van der Waals surface area (Å²) in [6.07, 6.45) is 5.98. The normalized spacial score (nSPS) is 27.8. The van der Waals surface area contributed by atoms with Crippen molar-refractivity contribution in [3.63, 3.8) is 0 Å². The summed E-state index contributed by atoms with van der Waals surface area (Å²) in [5.41, 5.74) is 0.247. The predicted octanol–water partition coefficient (Wildman–Crippen LogP) is 1.73. The van der Waals surface area contributed by atoms with Gasteiger partial charge in [-0.1, -0.05) is 19.8 Å². The molecule has 6 nitrogen and oxygen atoms in total. The van der Waals surface area contributed by atoms with E-state index in [2.05, 4.69) is 15.0 Å². The Hall–Kier alpha value is -1.85. The molecule has 0 spiro atoms. The molecule has 2 fully saturated rings. The van der Waals surface area contributed by atoms with E-state index in [1.165, 1.54) is 25.7 Å². The molecule has 2 N–H and O–H groups in total. The highest BCUT2D eigenvalue weighted by atomic mass is 16.2. The maximum atomic E-state index is 12.0. The SMILES string of the molecule is CCCn1c(=O)[nH]c(=O)c2[nH]c(C3C4CCCCC43)nc21. The molecule has 0 radical (unpaired) electrons. The summed E-state index contributed by atoms with van der Waals surface area (Å²) in [5, 5.41) is 0. The number of rotatable bonds is 3. The molecule has 0 bridgehead atoms. The zero-order valence-electron chi connectivity index (χ0n) is 12.2. The number of hydrogen-bond donors (Lipinski definition) is 2. The Bertz CT molecular complexity index is 788. The van der Waals surface area contributed by atoms with E-state index in [-0.39, 0.29) is 11.2 Å². The maximum Gasteiger partial charge on any atom is 0.330 e. The van der Waals surface area contributed by atoms with E-state index in [0.717, 1.165) is 24.1 Å². The van der Waals surface area contributed by atoms with Gasteiger partial charge in [0.25, 0.3) is 5.56 Å². The molecule has 2 saturated carbocycles. The lowest BCUT2D eigenvalue weighted by Gasteiger charge is -2.04. The molecular weight excluding hydrogens is 268 g/mol. The van der Waals surface area contributed by atoms with Crippen LogP contribution in [0.1, 0.15) is 50.8 Å². The average molecular weight is 288 g/mol. The number of nitrogens with one attached hydrogen (secondary N) is 2. The second kappa shape index (κ2) is 4.58. The number of aryl methyl sites for hydroxylation is 1. The van der Waals surface area contributed by atoms with Crippen molar-refractivity contribution in [2.45, 2.75) is 51.5 Å². The summed E-state index contributed by atoms with van der Waals surface area (Å²) in [5.74, 6) is 2.82. The number of hydrogen-bond acceptors (Lipinski definition) is 3. The second-order valence-electron chi connectivity index (χ2n) is 6.37. The Kier molecular flexibility index (Phi) is 2.80. The van der Waals surface area contributed by atoms with Crippen LogP contribution in [0.15, 0.2) is 9.59 Å². The average Bonchev–Trinajstić information content (AvgIpc) is 3.04. The van der Waals surface area contributed by atoms with Crippen molar-refractivity contribution < 1.29 is 0 Å². The fraction of sp³-hybridized carbons (Fsp3) is 0.667. The highest BCUT2D eigenvalue weighted by Crippen LogP contribution is 2.60. The molecule has 0 amide bonds. The standard InChI is InChI=1S/C15H20N4O2/c1-2-7-19-13-11(14(20)18-15(19)21)16-12(17-13)10-8-5-3-4-6-9(8)10/h8-10H,2-7H2,1H3,(H,16,17)(H,18,20,21). The van der Waals surface area contributed by atoms with E-state index in [1.807, 2.05) is 6.92 Å². The Balaban J connectivity index is 1.82. The molecule has 4 rings (SSSR count). The first-order valence-corrected chi connectivity index (χ1v) is 7.93. The van der Waals surface area contributed by atoms with Crippen LogP contribution < -0.4 is 11.2 Å². The van der Waals surface area contributed by atoms with Crippen LogP contribution in [0.2, 0.25) is 0 Å². The van der Waals surface area contributed by atoms with Crippen molar-refractivity contribution in [3.8, 4) is 0 Å². The van der Waals surface area contributed by atoms with Gasteiger partial charge in [0, 0.05) is 12.5 Å². The molecule has 2 unspecified atom stereocenters. The van der Waals surface area contributed by atoms with Crippen molar-refractivity contribution >= 4 is 11.2 Å². The van der Waals surface area contributed by atoms with Gasteiger partial charge < -0.3 is 4.98 Å². The van der Waals surface area contributed by atoms with Crippen LogP contribution in [-0.2, 0) is 6.54 Å². The van der Waals surface area contributed by atoms with Crippen LogP contribution in [-0.4, -0.2) is 19.5 Å². The lowest BCUT2D eigenvalue weighted by molar-refractivity contribution is 0.480. The van der Waals surface area contributed by atoms with Gasteiger partial charge in [-0.3, -0.25) is 14.3 Å². The highest BCUT2D eigenvalue weighted by Gasteiger charge is 2.53. The van der Waals surface area contributed by atoms with Gasteiger partial charge in [0.05, 0.1) is 0 Å². The van der Waals surface area contributed by atoms with Crippen LogP contribution in [0.25, 0.3) is 11.2 Å². The largest absolute Gasteiger partial charge is 0.336 e.